The second-order valence-corrected chi connectivity index (χ2v) is 6.03. The second-order valence-electron chi connectivity index (χ2n) is 6.03. The third-order valence-electron chi connectivity index (χ3n) is 4.39. The Morgan fingerprint density at radius 3 is 2.69 bits per heavy atom. The van der Waals surface area contributed by atoms with Crippen molar-refractivity contribution in [2.75, 3.05) is 0 Å². The Labute approximate surface area is 147 Å². The molecule has 0 saturated heterocycles. The molecule has 2 heterocycles. The zero-order chi connectivity index (χ0) is 19.0. The summed E-state index contributed by atoms with van der Waals surface area (Å²) in [5, 5.41) is 7.87. The molecule has 2 N–H and O–H groups in total. The minimum Gasteiger partial charge on any atom is -0.369 e. The summed E-state index contributed by atoms with van der Waals surface area (Å²) in [7, 11) is 0. The van der Waals surface area contributed by atoms with Gasteiger partial charge < -0.3 is 5.73 Å². The van der Waals surface area contributed by atoms with E-state index in [-0.39, 0.29) is 17.5 Å². The molecule has 0 radical (unpaired) electrons. The molecule has 3 aromatic rings. The fourth-order valence-electron chi connectivity index (χ4n) is 3.09. The number of nitrogens with zero attached hydrogens (tertiary/aromatic N) is 3. The van der Waals surface area contributed by atoms with Crippen LogP contribution >= 0.6 is 0 Å². The molecular formula is C18H16F2N4O2. The average molecular weight is 358 g/mol. The molecule has 0 unspecified atom stereocenters. The van der Waals surface area contributed by atoms with Crippen molar-refractivity contribution in [3.8, 4) is 0 Å². The van der Waals surface area contributed by atoms with E-state index in [4.69, 9.17) is 5.73 Å². The van der Waals surface area contributed by atoms with Crippen molar-refractivity contribution in [3.05, 3.63) is 69.1 Å². The highest BCUT2D eigenvalue weighted by Gasteiger charge is 2.22. The van der Waals surface area contributed by atoms with Crippen molar-refractivity contribution < 1.29 is 13.6 Å². The molecule has 0 fully saturated rings. The van der Waals surface area contributed by atoms with Crippen LogP contribution < -0.4 is 11.3 Å². The van der Waals surface area contributed by atoms with Crippen LogP contribution in [0.3, 0.4) is 0 Å². The third kappa shape index (κ3) is 2.94. The van der Waals surface area contributed by atoms with E-state index in [0.29, 0.717) is 16.6 Å². The molecular weight excluding hydrogens is 342 g/mol. The number of fused-ring (bicyclic) bond motifs is 1. The fraction of sp³-hybridized carbons (Fsp3) is 0.222. The van der Waals surface area contributed by atoms with Crippen LogP contribution in [0.1, 0.15) is 29.7 Å². The predicted molar refractivity (Wildman–Crippen MR) is 91.6 cm³/mol. The minimum atomic E-state index is -0.767. The number of aryl methyl sites for hydroxylation is 1. The number of amides is 1. The van der Waals surface area contributed by atoms with Crippen LogP contribution in [0.4, 0.5) is 8.78 Å². The quantitative estimate of drug-likeness (QED) is 0.772. The maximum atomic E-state index is 14.3. The zero-order valence-electron chi connectivity index (χ0n) is 14.2. The zero-order valence-corrected chi connectivity index (χ0v) is 14.2. The van der Waals surface area contributed by atoms with Crippen molar-refractivity contribution in [2.45, 2.75) is 26.3 Å². The number of rotatable bonds is 4. The normalized spacial score (nSPS) is 12.3. The second kappa shape index (κ2) is 6.62. The highest BCUT2D eigenvalue weighted by Crippen LogP contribution is 2.25. The lowest BCUT2D eigenvalue weighted by molar-refractivity contribution is -0.117. The van der Waals surface area contributed by atoms with Crippen LogP contribution in [0.15, 0.2) is 35.3 Å². The van der Waals surface area contributed by atoms with Crippen LogP contribution in [0.25, 0.3) is 11.0 Å². The number of hydrogen-bond acceptors (Lipinski definition) is 4. The smallest absolute Gasteiger partial charge is 0.255 e. The summed E-state index contributed by atoms with van der Waals surface area (Å²) >= 11 is 0. The summed E-state index contributed by atoms with van der Waals surface area (Å²) in [6.45, 7) is 3.27. The van der Waals surface area contributed by atoms with Gasteiger partial charge >= 0.3 is 0 Å². The number of nitrogens with two attached hydrogens (primary N) is 1. The summed E-state index contributed by atoms with van der Waals surface area (Å²) in [4.78, 5) is 24.4. The lowest BCUT2D eigenvalue weighted by atomic mass is 10.0. The number of pyridine rings is 1. The lowest BCUT2D eigenvalue weighted by Crippen LogP contribution is -2.31. The van der Waals surface area contributed by atoms with Gasteiger partial charge in [-0.3, -0.25) is 14.2 Å². The maximum Gasteiger partial charge on any atom is 0.255 e. The fourth-order valence-corrected chi connectivity index (χ4v) is 3.09. The number of carbonyl (C=O) groups excluding carboxylic acids is 1. The first-order chi connectivity index (χ1) is 12.3. The summed E-state index contributed by atoms with van der Waals surface area (Å²) in [6, 6.07) is 4.00. The van der Waals surface area contributed by atoms with Crippen molar-refractivity contribution in [2.24, 2.45) is 5.73 Å². The van der Waals surface area contributed by atoms with E-state index >= 15 is 0 Å². The summed E-state index contributed by atoms with van der Waals surface area (Å²) in [5.41, 5.74) is 6.46. The van der Waals surface area contributed by atoms with Crippen LogP contribution in [0, 0.1) is 18.6 Å². The van der Waals surface area contributed by atoms with E-state index in [1.165, 1.54) is 16.8 Å². The molecule has 26 heavy (non-hydrogen) atoms. The maximum absolute atomic E-state index is 14.3. The Hall–Kier alpha value is -3.16. The van der Waals surface area contributed by atoms with Gasteiger partial charge in [-0.1, -0.05) is 6.07 Å². The number of primary amides is 1. The van der Waals surface area contributed by atoms with Crippen molar-refractivity contribution in [1.82, 2.24) is 14.8 Å². The first-order valence-electron chi connectivity index (χ1n) is 7.90. The van der Waals surface area contributed by atoms with Gasteiger partial charge in [0, 0.05) is 17.2 Å². The highest BCUT2D eigenvalue weighted by atomic mass is 19.1. The first-order valence-corrected chi connectivity index (χ1v) is 7.90. The number of carbonyl (C=O) groups is 1. The molecule has 1 atom stereocenters. The van der Waals surface area contributed by atoms with Crippen molar-refractivity contribution in [1.29, 1.82) is 0 Å². The number of halogens is 2. The monoisotopic (exact) mass is 358 g/mol. The number of hydrogen-bond donors (Lipinski definition) is 1. The van der Waals surface area contributed by atoms with Gasteiger partial charge in [-0.05, 0) is 31.5 Å². The van der Waals surface area contributed by atoms with E-state index in [2.05, 4.69) is 10.2 Å². The van der Waals surface area contributed by atoms with E-state index in [1.807, 2.05) is 0 Å². The van der Waals surface area contributed by atoms with E-state index < -0.39 is 29.1 Å². The predicted octanol–water partition coefficient (Wildman–Crippen LogP) is 2.02. The van der Waals surface area contributed by atoms with Gasteiger partial charge in [0.15, 0.2) is 0 Å². The van der Waals surface area contributed by atoms with Gasteiger partial charge in [-0.2, -0.15) is 5.10 Å². The molecule has 0 saturated carbocycles. The average Bonchev–Trinajstić information content (AvgIpc) is 2.58. The molecule has 0 spiro atoms. The van der Waals surface area contributed by atoms with E-state index in [0.717, 1.165) is 12.1 Å². The molecule has 134 valence electrons. The number of aromatic nitrogens is 3. The Balaban J connectivity index is 2.34. The molecule has 0 bridgehead atoms. The van der Waals surface area contributed by atoms with E-state index in [1.54, 1.807) is 19.9 Å². The number of benzene rings is 1. The van der Waals surface area contributed by atoms with E-state index in [9.17, 15) is 18.4 Å². The molecule has 0 aliphatic rings. The summed E-state index contributed by atoms with van der Waals surface area (Å²) in [6.07, 6.45) is 1.15. The molecule has 1 amide bonds. The molecule has 0 aliphatic carbocycles. The van der Waals surface area contributed by atoms with Gasteiger partial charge in [0.1, 0.15) is 17.2 Å². The minimum absolute atomic E-state index is 0.139. The van der Waals surface area contributed by atoms with Crippen LogP contribution in [0.2, 0.25) is 0 Å². The lowest BCUT2D eigenvalue weighted by Gasteiger charge is -2.21. The van der Waals surface area contributed by atoms with Gasteiger partial charge in [0.2, 0.25) is 5.91 Å². The SMILES string of the molecule is Cc1c(CC(N)=O)c(=O)n([C@@H](C)c2ccc(F)cc2F)c2ccnnc12. The molecule has 3 rings (SSSR count). The van der Waals surface area contributed by atoms with Crippen LogP contribution in [-0.4, -0.2) is 20.7 Å². The van der Waals surface area contributed by atoms with Gasteiger partial charge in [0.05, 0.1) is 24.2 Å². The standard InChI is InChI=1S/C18H16F2N4O2/c1-9-13(8-16(21)25)18(26)24(15-5-6-22-23-17(9)15)10(2)12-4-3-11(19)7-14(12)20/h3-7,10H,8H2,1-2H3,(H2,21,25)/t10-/m0/s1. The van der Waals surface area contributed by atoms with Crippen molar-refractivity contribution in [3.63, 3.8) is 0 Å². The summed E-state index contributed by atoms with van der Waals surface area (Å²) in [5.74, 6) is -2.14. The van der Waals surface area contributed by atoms with Crippen LogP contribution in [-0.2, 0) is 11.2 Å². The highest BCUT2D eigenvalue weighted by molar-refractivity contribution is 5.82. The Bertz CT molecular complexity index is 1080. The van der Waals surface area contributed by atoms with Gasteiger partial charge in [-0.25, -0.2) is 8.78 Å². The molecule has 1 aromatic carbocycles. The topological polar surface area (TPSA) is 90.9 Å². The molecule has 8 heteroatoms. The van der Waals surface area contributed by atoms with Gasteiger partial charge in [0.25, 0.3) is 5.56 Å². The molecule has 6 nitrogen and oxygen atoms in total. The van der Waals surface area contributed by atoms with Crippen molar-refractivity contribution >= 4 is 16.9 Å². The summed E-state index contributed by atoms with van der Waals surface area (Å²) < 4.78 is 28.8. The Morgan fingerprint density at radius 1 is 1.31 bits per heavy atom. The largest absolute Gasteiger partial charge is 0.369 e. The molecule has 2 aromatic heterocycles. The van der Waals surface area contributed by atoms with Gasteiger partial charge in [-0.15, -0.1) is 5.10 Å². The third-order valence-corrected chi connectivity index (χ3v) is 4.39. The first kappa shape index (κ1) is 17.7. The Morgan fingerprint density at radius 2 is 2.04 bits per heavy atom. The Kier molecular flexibility index (Phi) is 4.50. The van der Waals surface area contributed by atoms with Crippen LogP contribution in [0.5, 0.6) is 0 Å². The molecule has 0 aliphatic heterocycles.